The third kappa shape index (κ3) is 3.48. The summed E-state index contributed by atoms with van der Waals surface area (Å²) in [6.45, 7) is 5.81. The van der Waals surface area contributed by atoms with Crippen LogP contribution in [0.5, 0.6) is 0 Å². The Morgan fingerprint density at radius 2 is 1.81 bits per heavy atom. The van der Waals surface area contributed by atoms with Crippen molar-refractivity contribution in [3.63, 3.8) is 0 Å². The summed E-state index contributed by atoms with van der Waals surface area (Å²) in [7, 11) is 0. The maximum absolute atomic E-state index is 13.5. The van der Waals surface area contributed by atoms with Crippen molar-refractivity contribution in [1.29, 1.82) is 0 Å². The normalized spacial score (nSPS) is 11.2. The van der Waals surface area contributed by atoms with Gasteiger partial charge in [-0.05, 0) is 43.5 Å². The van der Waals surface area contributed by atoms with Gasteiger partial charge >= 0.3 is 0 Å². The van der Waals surface area contributed by atoms with Gasteiger partial charge in [-0.25, -0.2) is 4.39 Å². The van der Waals surface area contributed by atoms with E-state index in [-0.39, 0.29) is 11.7 Å². The smallest absolute Gasteiger partial charge is 0.230 e. The van der Waals surface area contributed by atoms with Crippen LogP contribution in [0.25, 0.3) is 0 Å². The van der Waals surface area contributed by atoms with Crippen molar-refractivity contribution in [2.75, 3.05) is 0 Å². The number of benzene rings is 2. The first-order valence-electron chi connectivity index (χ1n) is 7.00. The SMILES string of the molecule is Cc1ccc(CNC(=O)C(C)(C)c2ccccc2)cc1F. The van der Waals surface area contributed by atoms with E-state index in [1.807, 2.05) is 50.2 Å². The Morgan fingerprint density at radius 3 is 2.43 bits per heavy atom. The van der Waals surface area contributed by atoms with Crippen LogP contribution in [0.4, 0.5) is 4.39 Å². The van der Waals surface area contributed by atoms with Gasteiger partial charge in [0.05, 0.1) is 5.41 Å². The minimum absolute atomic E-state index is 0.0744. The molecule has 0 spiro atoms. The van der Waals surface area contributed by atoms with E-state index < -0.39 is 5.41 Å². The topological polar surface area (TPSA) is 29.1 Å². The van der Waals surface area contributed by atoms with Crippen LogP contribution in [0.2, 0.25) is 0 Å². The average Bonchev–Trinajstić information content (AvgIpc) is 2.49. The minimum atomic E-state index is -0.621. The molecule has 0 saturated heterocycles. The van der Waals surface area contributed by atoms with Crippen LogP contribution < -0.4 is 5.32 Å². The maximum atomic E-state index is 13.5. The zero-order valence-corrected chi connectivity index (χ0v) is 12.6. The summed E-state index contributed by atoms with van der Waals surface area (Å²) in [6.07, 6.45) is 0. The van der Waals surface area contributed by atoms with Crippen LogP contribution in [-0.2, 0) is 16.8 Å². The first-order chi connectivity index (χ1) is 9.91. The van der Waals surface area contributed by atoms with E-state index >= 15 is 0 Å². The van der Waals surface area contributed by atoms with Gasteiger partial charge in [0.2, 0.25) is 5.91 Å². The number of carbonyl (C=O) groups is 1. The van der Waals surface area contributed by atoms with Gasteiger partial charge in [0.1, 0.15) is 5.82 Å². The largest absolute Gasteiger partial charge is 0.351 e. The van der Waals surface area contributed by atoms with Crippen LogP contribution in [0, 0.1) is 12.7 Å². The van der Waals surface area contributed by atoms with Gasteiger partial charge < -0.3 is 5.32 Å². The van der Waals surface area contributed by atoms with Crippen molar-refractivity contribution in [3.05, 3.63) is 71.0 Å². The van der Waals surface area contributed by atoms with E-state index in [1.165, 1.54) is 6.07 Å². The van der Waals surface area contributed by atoms with Gasteiger partial charge in [-0.15, -0.1) is 0 Å². The zero-order chi connectivity index (χ0) is 15.5. The second-order valence-electron chi connectivity index (χ2n) is 5.76. The van der Waals surface area contributed by atoms with Gasteiger partial charge in [0.15, 0.2) is 0 Å². The first-order valence-corrected chi connectivity index (χ1v) is 7.00. The fourth-order valence-electron chi connectivity index (χ4n) is 2.14. The Kier molecular flexibility index (Phi) is 4.41. The van der Waals surface area contributed by atoms with E-state index in [0.29, 0.717) is 12.1 Å². The molecule has 2 aromatic carbocycles. The van der Waals surface area contributed by atoms with Crippen molar-refractivity contribution in [1.82, 2.24) is 5.32 Å². The number of hydrogen-bond acceptors (Lipinski definition) is 1. The molecular weight excluding hydrogens is 265 g/mol. The molecular formula is C18H20FNO. The lowest BCUT2D eigenvalue weighted by Crippen LogP contribution is -2.39. The number of nitrogens with one attached hydrogen (secondary N) is 1. The second-order valence-corrected chi connectivity index (χ2v) is 5.76. The molecule has 0 aromatic heterocycles. The molecule has 2 nitrogen and oxygen atoms in total. The quantitative estimate of drug-likeness (QED) is 0.911. The summed E-state index contributed by atoms with van der Waals surface area (Å²) in [5.41, 5.74) is 1.70. The molecule has 0 saturated carbocycles. The highest BCUT2D eigenvalue weighted by Crippen LogP contribution is 2.23. The monoisotopic (exact) mass is 285 g/mol. The highest BCUT2D eigenvalue weighted by atomic mass is 19.1. The third-order valence-corrected chi connectivity index (χ3v) is 3.75. The first kappa shape index (κ1) is 15.2. The maximum Gasteiger partial charge on any atom is 0.230 e. The number of rotatable bonds is 4. The molecule has 0 atom stereocenters. The predicted molar refractivity (Wildman–Crippen MR) is 82.5 cm³/mol. The van der Waals surface area contributed by atoms with Gasteiger partial charge in [0.25, 0.3) is 0 Å². The number of amides is 1. The molecule has 0 aliphatic heterocycles. The molecule has 3 heteroatoms. The van der Waals surface area contributed by atoms with E-state index in [2.05, 4.69) is 5.32 Å². The minimum Gasteiger partial charge on any atom is -0.351 e. The fraction of sp³-hybridized carbons (Fsp3) is 0.278. The molecule has 1 N–H and O–H groups in total. The Balaban J connectivity index is 2.06. The van der Waals surface area contributed by atoms with Crippen molar-refractivity contribution in [2.24, 2.45) is 0 Å². The molecule has 2 rings (SSSR count). The molecule has 21 heavy (non-hydrogen) atoms. The fourth-order valence-corrected chi connectivity index (χ4v) is 2.14. The summed E-state index contributed by atoms with van der Waals surface area (Å²) < 4.78 is 13.5. The third-order valence-electron chi connectivity index (χ3n) is 3.75. The zero-order valence-electron chi connectivity index (χ0n) is 12.6. The molecule has 0 heterocycles. The molecule has 1 amide bonds. The molecule has 0 fully saturated rings. The summed E-state index contributed by atoms with van der Waals surface area (Å²) in [5.74, 6) is -0.321. The van der Waals surface area contributed by atoms with Crippen molar-refractivity contribution in [3.8, 4) is 0 Å². The Morgan fingerprint density at radius 1 is 1.14 bits per heavy atom. The highest BCUT2D eigenvalue weighted by molar-refractivity contribution is 5.87. The summed E-state index contributed by atoms with van der Waals surface area (Å²) >= 11 is 0. The molecule has 2 aromatic rings. The van der Waals surface area contributed by atoms with Crippen LogP contribution in [0.3, 0.4) is 0 Å². The lowest BCUT2D eigenvalue weighted by Gasteiger charge is -2.24. The van der Waals surface area contributed by atoms with Gasteiger partial charge in [-0.1, -0.05) is 42.5 Å². The van der Waals surface area contributed by atoms with Crippen LogP contribution in [0.1, 0.15) is 30.5 Å². The number of carbonyl (C=O) groups excluding carboxylic acids is 1. The summed E-state index contributed by atoms with van der Waals surface area (Å²) in [6, 6.07) is 14.6. The second kappa shape index (κ2) is 6.08. The average molecular weight is 285 g/mol. The standard InChI is InChI=1S/C18H20FNO/c1-13-9-10-14(11-16(13)19)12-20-17(21)18(2,3)15-7-5-4-6-8-15/h4-11H,12H2,1-3H3,(H,20,21). The van der Waals surface area contributed by atoms with Crippen LogP contribution in [-0.4, -0.2) is 5.91 Å². The Bertz CT molecular complexity index is 635. The Hall–Kier alpha value is -2.16. The van der Waals surface area contributed by atoms with Crippen LogP contribution in [0.15, 0.2) is 48.5 Å². The summed E-state index contributed by atoms with van der Waals surface area (Å²) in [5, 5.41) is 2.88. The molecule has 0 bridgehead atoms. The van der Waals surface area contributed by atoms with E-state index in [9.17, 15) is 9.18 Å². The van der Waals surface area contributed by atoms with Gasteiger partial charge in [-0.2, -0.15) is 0 Å². The number of halogens is 1. The van der Waals surface area contributed by atoms with E-state index in [1.54, 1.807) is 13.0 Å². The lowest BCUT2D eigenvalue weighted by molar-refractivity contribution is -0.125. The predicted octanol–water partition coefficient (Wildman–Crippen LogP) is 3.73. The molecule has 0 aliphatic carbocycles. The molecule has 0 unspecified atom stereocenters. The number of aryl methyl sites for hydroxylation is 1. The van der Waals surface area contributed by atoms with E-state index in [4.69, 9.17) is 0 Å². The molecule has 0 radical (unpaired) electrons. The van der Waals surface area contributed by atoms with E-state index in [0.717, 1.165) is 11.1 Å². The number of hydrogen-bond donors (Lipinski definition) is 1. The van der Waals surface area contributed by atoms with Crippen LogP contribution >= 0.6 is 0 Å². The van der Waals surface area contributed by atoms with Gasteiger partial charge in [-0.3, -0.25) is 4.79 Å². The van der Waals surface area contributed by atoms with Crippen molar-refractivity contribution >= 4 is 5.91 Å². The highest BCUT2D eigenvalue weighted by Gasteiger charge is 2.29. The van der Waals surface area contributed by atoms with Gasteiger partial charge in [0, 0.05) is 6.54 Å². The lowest BCUT2D eigenvalue weighted by atomic mass is 9.84. The Labute approximate surface area is 125 Å². The van der Waals surface area contributed by atoms with Crippen molar-refractivity contribution < 1.29 is 9.18 Å². The van der Waals surface area contributed by atoms with Crippen molar-refractivity contribution in [2.45, 2.75) is 32.7 Å². The molecule has 110 valence electrons. The summed E-state index contributed by atoms with van der Waals surface area (Å²) in [4.78, 5) is 12.4. The molecule has 0 aliphatic rings.